The molecule has 1 saturated carbocycles. The van der Waals surface area contributed by atoms with Crippen LogP contribution in [-0.4, -0.2) is 69.3 Å². The molecule has 5 atom stereocenters. The molecule has 1 aromatic heterocycles. The topological polar surface area (TPSA) is 126 Å². The fraction of sp³-hybridized carbons (Fsp3) is 0.457. The van der Waals surface area contributed by atoms with E-state index in [9.17, 15) is 14.7 Å². The zero-order chi connectivity index (χ0) is 32.1. The van der Waals surface area contributed by atoms with E-state index < -0.39 is 36.4 Å². The van der Waals surface area contributed by atoms with Crippen LogP contribution in [-0.2, 0) is 20.7 Å². The number of fused-ring (bicyclic) bond motifs is 7. The molecule has 1 aliphatic carbocycles. The maximum Gasteiger partial charge on any atom is 0.494 e. The summed E-state index contributed by atoms with van der Waals surface area (Å²) < 4.78 is 18.9. The van der Waals surface area contributed by atoms with Crippen molar-refractivity contribution in [2.45, 2.75) is 83.4 Å². The second kappa shape index (κ2) is 10.3. The van der Waals surface area contributed by atoms with E-state index in [0.717, 1.165) is 74.7 Å². The second-order valence-electron chi connectivity index (χ2n) is 14.5. The lowest BCUT2D eigenvalue weighted by Crippen LogP contribution is -2.48. The SMILES string of the molecule is CC(C=O)[C@@H](CN1C(c2nc3c(ccc4cc5c(cc43)OCc3cc(B4OC(C)(C)C(C)(C)O4)ccc3-5)[nH]2)CC2CC21)NC(=O)O. The fourth-order valence-electron chi connectivity index (χ4n) is 7.51. The van der Waals surface area contributed by atoms with Gasteiger partial charge < -0.3 is 34.2 Å². The van der Waals surface area contributed by atoms with Gasteiger partial charge in [0.1, 0.15) is 24.5 Å². The van der Waals surface area contributed by atoms with E-state index >= 15 is 0 Å². The van der Waals surface area contributed by atoms with Crippen LogP contribution in [0, 0.1) is 11.8 Å². The van der Waals surface area contributed by atoms with Crippen LogP contribution < -0.4 is 15.5 Å². The predicted molar refractivity (Wildman–Crippen MR) is 175 cm³/mol. The lowest BCUT2D eigenvalue weighted by molar-refractivity contribution is -0.111. The minimum Gasteiger partial charge on any atom is -0.488 e. The molecule has 8 rings (SSSR count). The maximum absolute atomic E-state index is 11.6. The summed E-state index contributed by atoms with van der Waals surface area (Å²) in [7, 11) is -0.426. The molecule has 2 saturated heterocycles. The van der Waals surface area contributed by atoms with Crippen LogP contribution in [0.5, 0.6) is 5.75 Å². The lowest BCUT2D eigenvalue weighted by Gasteiger charge is -2.32. The average molecular weight is 623 g/mol. The number of hydrogen-bond donors (Lipinski definition) is 3. The molecule has 0 radical (unpaired) electrons. The van der Waals surface area contributed by atoms with Crippen LogP contribution >= 0.6 is 0 Å². The number of aldehydes is 1. The molecule has 46 heavy (non-hydrogen) atoms. The number of nitrogens with one attached hydrogen (secondary N) is 2. The van der Waals surface area contributed by atoms with Gasteiger partial charge >= 0.3 is 13.2 Å². The van der Waals surface area contributed by atoms with Crippen LogP contribution in [0.4, 0.5) is 4.79 Å². The minimum absolute atomic E-state index is 0.0297. The first-order chi connectivity index (χ1) is 21.9. The van der Waals surface area contributed by atoms with E-state index in [1.54, 1.807) is 6.92 Å². The van der Waals surface area contributed by atoms with Gasteiger partial charge in [0, 0.05) is 29.5 Å². The zero-order valence-electron chi connectivity index (χ0n) is 26.8. The van der Waals surface area contributed by atoms with Crippen LogP contribution in [0.1, 0.15) is 64.9 Å². The molecule has 0 spiro atoms. The smallest absolute Gasteiger partial charge is 0.488 e. The number of carbonyl (C=O) groups is 2. The standard InChI is InChI=1S/C35H39BN4O6/c1-18(16-41)27(38-33(42)43)15-40-28-12-20(28)13-29(40)32-37-26-9-6-19-11-25-23-8-7-22(36-45-34(2,3)35(4,5)46-36)10-21(23)17-44-30(25)14-24(19)31(26)39-32/h6-11,14,16,18,20,27-29,38H,12-13,15,17H2,1-5H3,(H,37,39)(H,42,43)/t18?,20?,27-,28?,29?/m1/s1. The first-order valence-corrected chi connectivity index (χ1v) is 16.2. The number of piperidine rings is 1. The van der Waals surface area contributed by atoms with Crippen molar-refractivity contribution in [3.8, 4) is 16.9 Å². The molecular weight excluding hydrogens is 583 g/mol. The Morgan fingerprint density at radius 1 is 1.13 bits per heavy atom. The van der Waals surface area contributed by atoms with Gasteiger partial charge in [-0.15, -0.1) is 0 Å². The van der Waals surface area contributed by atoms with Gasteiger partial charge in [-0.05, 0) is 86.6 Å². The number of aromatic amines is 1. The van der Waals surface area contributed by atoms with E-state index in [0.29, 0.717) is 25.1 Å². The van der Waals surface area contributed by atoms with Crippen molar-refractivity contribution in [2.75, 3.05) is 6.54 Å². The van der Waals surface area contributed by atoms with E-state index in [1.807, 2.05) is 0 Å². The van der Waals surface area contributed by atoms with E-state index in [1.165, 1.54) is 0 Å². The summed E-state index contributed by atoms with van der Waals surface area (Å²) in [5.74, 6) is 1.84. The van der Waals surface area contributed by atoms with Gasteiger partial charge in [-0.3, -0.25) is 4.90 Å². The van der Waals surface area contributed by atoms with Gasteiger partial charge in [0.2, 0.25) is 0 Å². The molecule has 238 valence electrons. The van der Waals surface area contributed by atoms with Crippen LogP contribution in [0.25, 0.3) is 32.9 Å². The van der Waals surface area contributed by atoms with Gasteiger partial charge in [-0.1, -0.05) is 31.2 Å². The Morgan fingerprint density at radius 3 is 2.65 bits per heavy atom. The van der Waals surface area contributed by atoms with Crippen molar-refractivity contribution >= 4 is 46.8 Å². The van der Waals surface area contributed by atoms with Gasteiger partial charge in [0.05, 0.1) is 34.3 Å². The molecule has 10 nitrogen and oxygen atoms in total. The third kappa shape index (κ3) is 4.70. The van der Waals surface area contributed by atoms with Crippen molar-refractivity contribution in [1.82, 2.24) is 20.2 Å². The Hall–Kier alpha value is -3.93. The number of nitrogens with zero attached hydrogens (tertiary/aromatic N) is 2. The van der Waals surface area contributed by atoms with E-state index in [2.05, 4.69) is 85.4 Å². The third-order valence-corrected chi connectivity index (χ3v) is 11.0. The van der Waals surface area contributed by atoms with Crippen LogP contribution in [0.3, 0.4) is 0 Å². The maximum atomic E-state index is 11.6. The Morgan fingerprint density at radius 2 is 1.91 bits per heavy atom. The number of ether oxygens (including phenoxy) is 1. The van der Waals surface area contributed by atoms with Gasteiger partial charge in [-0.25, -0.2) is 9.78 Å². The highest BCUT2D eigenvalue weighted by atomic mass is 16.7. The molecule has 1 amide bonds. The zero-order valence-corrected chi connectivity index (χ0v) is 26.8. The van der Waals surface area contributed by atoms with Gasteiger partial charge in [0.25, 0.3) is 0 Å². The number of hydrogen-bond acceptors (Lipinski definition) is 7. The summed E-state index contributed by atoms with van der Waals surface area (Å²) in [4.78, 5) is 34.1. The molecule has 3 aliphatic heterocycles. The molecule has 11 heteroatoms. The number of imidazole rings is 1. The van der Waals surface area contributed by atoms with Crippen molar-refractivity contribution in [2.24, 2.45) is 11.8 Å². The molecule has 4 unspecified atom stereocenters. The van der Waals surface area contributed by atoms with Crippen molar-refractivity contribution < 1.29 is 28.7 Å². The molecule has 4 heterocycles. The number of aromatic nitrogens is 2. The fourth-order valence-corrected chi connectivity index (χ4v) is 7.51. The molecule has 3 N–H and O–H groups in total. The summed E-state index contributed by atoms with van der Waals surface area (Å²) >= 11 is 0. The Bertz CT molecular complexity index is 1890. The second-order valence-corrected chi connectivity index (χ2v) is 14.5. The third-order valence-electron chi connectivity index (χ3n) is 11.0. The number of likely N-dealkylation sites (tertiary alicyclic amines) is 1. The molecule has 4 aromatic rings. The highest BCUT2D eigenvalue weighted by Crippen LogP contribution is 2.53. The molecule has 3 aromatic carbocycles. The van der Waals surface area contributed by atoms with Crippen molar-refractivity contribution in [3.63, 3.8) is 0 Å². The van der Waals surface area contributed by atoms with Gasteiger partial charge in [0.15, 0.2) is 0 Å². The number of carboxylic acid groups (broad SMARTS) is 1. The summed E-state index contributed by atoms with van der Waals surface area (Å²) in [6.45, 7) is 10.9. The predicted octanol–water partition coefficient (Wildman–Crippen LogP) is 5.18. The van der Waals surface area contributed by atoms with E-state index in [-0.39, 0.29) is 6.04 Å². The number of H-pyrrole nitrogens is 1. The van der Waals surface area contributed by atoms with Gasteiger partial charge in [-0.2, -0.15) is 0 Å². The molecule has 3 fully saturated rings. The Labute approximate surface area is 267 Å². The summed E-state index contributed by atoms with van der Waals surface area (Å²) in [6.07, 6.45) is 1.76. The largest absolute Gasteiger partial charge is 0.494 e. The van der Waals surface area contributed by atoms with Crippen LogP contribution in [0.15, 0.2) is 42.5 Å². The monoisotopic (exact) mass is 622 g/mol. The van der Waals surface area contributed by atoms with Crippen molar-refractivity contribution in [1.29, 1.82) is 0 Å². The highest BCUT2D eigenvalue weighted by Gasteiger charge is 2.54. The number of rotatable bonds is 7. The van der Waals surface area contributed by atoms with E-state index in [4.69, 9.17) is 19.0 Å². The lowest BCUT2D eigenvalue weighted by atomic mass is 9.77. The molecule has 0 bridgehead atoms. The average Bonchev–Trinajstić information content (AvgIpc) is 3.39. The summed E-state index contributed by atoms with van der Waals surface area (Å²) in [5.41, 5.74) is 5.31. The number of benzene rings is 3. The number of carbonyl (C=O) groups excluding carboxylic acids is 1. The summed E-state index contributed by atoms with van der Waals surface area (Å²) in [5, 5.41) is 14.1. The molecular formula is C35H39BN4O6. The first-order valence-electron chi connectivity index (χ1n) is 16.2. The highest BCUT2D eigenvalue weighted by molar-refractivity contribution is 6.62. The normalized spacial score (nSPS) is 25.4. The first kappa shape index (κ1) is 29.5. The van der Waals surface area contributed by atoms with Crippen LogP contribution in [0.2, 0.25) is 0 Å². The minimum atomic E-state index is -1.12. The number of amides is 1. The molecule has 4 aliphatic rings. The summed E-state index contributed by atoms with van der Waals surface area (Å²) in [6, 6.07) is 14.8. The quantitative estimate of drug-likeness (QED) is 0.190. The van der Waals surface area contributed by atoms with Crippen molar-refractivity contribution in [3.05, 3.63) is 53.9 Å². The Kier molecular flexibility index (Phi) is 6.59. The Balaban J connectivity index is 1.10.